The topological polar surface area (TPSA) is 116 Å². The summed E-state index contributed by atoms with van der Waals surface area (Å²) in [5, 5.41) is 0.508. The van der Waals surface area contributed by atoms with E-state index in [4.69, 9.17) is 33.9 Å². The van der Waals surface area contributed by atoms with Gasteiger partial charge in [-0.25, -0.2) is 4.79 Å². The van der Waals surface area contributed by atoms with Crippen LogP contribution in [0.2, 0.25) is 5.02 Å². The average Bonchev–Trinajstić information content (AvgIpc) is 2.52. The summed E-state index contributed by atoms with van der Waals surface area (Å²) >= 11 is 8.46. The first-order chi connectivity index (χ1) is 11.6. The van der Waals surface area contributed by atoms with Crippen molar-refractivity contribution in [3.63, 3.8) is 0 Å². The molecule has 0 aliphatic rings. The van der Waals surface area contributed by atoms with Gasteiger partial charge in [0, 0.05) is 21.0 Å². The van der Waals surface area contributed by atoms with Crippen LogP contribution in [0.25, 0.3) is 11.1 Å². The van der Waals surface area contributed by atoms with Gasteiger partial charge >= 0.3 is 23.0 Å². The van der Waals surface area contributed by atoms with Crippen molar-refractivity contribution in [3.05, 3.63) is 50.6 Å². The Bertz CT molecular complexity index is 866. The van der Waals surface area contributed by atoms with E-state index in [0.717, 1.165) is 20.4 Å². The summed E-state index contributed by atoms with van der Waals surface area (Å²) in [5.74, 6) is 0.416. The number of benzene rings is 2. The molecule has 2 aromatic carbocycles. The second-order valence-corrected chi connectivity index (χ2v) is 6.83. The maximum absolute atomic E-state index is 11.5. The van der Waals surface area contributed by atoms with E-state index in [1.165, 1.54) is 7.11 Å². The van der Waals surface area contributed by atoms with E-state index in [2.05, 4.69) is 27.3 Å². The van der Waals surface area contributed by atoms with Gasteiger partial charge in [0.2, 0.25) is 0 Å². The number of methoxy groups -OCH3 is 2. The van der Waals surface area contributed by atoms with E-state index in [-0.39, 0.29) is 17.1 Å². The van der Waals surface area contributed by atoms with Crippen LogP contribution in [-0.4, -0.2) is 37.7 Å². The third kappa shape index (κ3) is 8.21. The van der Waals surface area contributed by atoms with Gasteiger partial charge in [0.1, 0.15) is 5.75 Å². The van der Waals surface area contributed by atoms with Crippen LogP contribution >= 0.6 is 34.2 Å². The van der Waals surface area contributed by atoms with E-state index in [9.17, 15) is 4.79 Å². The fraction of sp³-hybridized carbons (Fsp3) is 0.133. The van der Waals surface area contributed by atoms with Crippen LogP contribution in [0.1, 0.15) is 10.4 Å². The Morgan fingerprint density at radius 1 is 1.12 bits per heavy atom. The summed E-state index contributed by atoms with van der Waals surface area (Å²) in [5.41, 5.74) is 2.26. The molecule has 0 N–H and O–H groups in total. The van der Waals surface area contributed by atoms with Crippen LogP contribution in [0.4, 0.5) is 0 Å². The molecule has 0 atom stereocenters. The smallest absolute Gasteiger partial charge is 0.759 e. The monoisotopic (exact) mass is 561 g/mol. The van der Waals surface area contributed by atoms with Crippen LogP contribution in [0, 0.1) is 3.57 Å². The quantitative estimate of drug-likeness (QED) is 0.186. The molecule has 0 heterocycles. The molecule has 0 saturated heterocycles. The molecular formula is C15H12ClCuIO7S. The van der Waals surface area contributed by atoms with Crippen molar-refractivity contribution in [3.8, 4) is 16.9 Å². The van der Waals surface area contributed by atoms with Crippen LogP contribution in [-0.2, 0) is 32.2 Å². The Morgan fingerprint density at radius 3 is 2.12 bits per heavy atom. The molecule has 0 aliphatic carbocycles. The molecule has 0 unspecified atom stereocenters. The van der Waals surface area contributed by atoms with Crippen molar-refractivity contribution in [2.45, 2.75) is 0 Å². The molecule has 7 nitrogen and oxygen atoms in total. The van der Waals surface area contributed by atoms with Gasteiger partial charge in [-0.15, -0.1) is 0 Å². The Hall–Kier alpha value is -0.881. The third-order valence-corrected chi connectivity index (χ3v) is 4.01. The van der Waals surface area contributed by atoms with E-state index in [0.29, 0.717) is 10.6 Å². The summed E-state index contributed by atoms with van der Waals surface area (Å²) in [6.07, 6.45) is 0. The maximum atomic E-state index is 11.5. The van der Waals surface area contributed by atoms with Crippen LogP contribution in [0.5, 0.6) is 5.75 Å². The Morgan fingerprint density at radius 2 is 1.69 bits per heavy atom. The molecule has 0 aliphatic heterocycles. The van der Waals surface area contributed by atoms with Gasteiger partial charge in [-0.1, -0.05) is 23.7 Å². The SMILES string of the molecule is COC(=O)c1ccc(-c2ccc(OC)c(I)c2)c(Cl)c1.O=S(=O)([O-])[O-].[Cu+2]. The van der Waals surface area contributed by atoms with Crippen LogP contribution in [0.3, 0.4) is 0 Å². The first-order valence-electron chi connectivity index (χ1n) is 6.45. The molecule has 0 saturated carbocycles. The molecule has 1 radical (unpaired) electrons. The largest absolute Gasteiger partial charge is 2.00 e. The van der Waals surface area contributed by atoms with E-state index in [1.807, 2.05) is 24.3 Å². The number of ether oxygens (including phenoxy) is 2. The number of halogens is 2. The summed E-state index contributed by atoms with van der Waals surface area (Å²) in [7, 11) is -2.19. The minimum absolute atomic E-state index is 0. The molecular weight excluding hydrogens is 550 g/mol. The summed E-state index contributed by atoms with van der Waals surface area (Å²) in [6.45, 7) is 0. The summed E-state index contributed by atoms with van der Waals surface area (Å²) < 4.78 is 45.0. The fourth-order valence-electron chi connectivity index (χ4n) is 1.83. The van der Waals surface area contributed by atoms with E-state index >= 15 is 0 Å². The van der Waals surface area contributed by atoms with Crippen molar-refractivity contribution in [1.29, 1.82) is 0 Å². The zero-order valence-electron chi connectivity index (χ0n) is 13.3. The van der Waals surface area contributed by atoms with Crippen molar-refractivity contribution < 1.29 is 48.9 Å². The number of hydrogen-bond acceptors (Lipinski definition) is 7. The zero-order valence-corrected chi connectivity index (χ0v) is 18.0. The molecule has 0 bridgehead atoms. The van der Waals surface area contributed by atoms with Gasteiger partial charge in [0.05, 0.1) is 23.4 Å². The van der Waals surface area contributed by atoms with Gasteiger partial charge in [-0.05, 0) is 52.4 Å². The molecule has 0 fully saturated rings. The normalized spacial score (nSPS) is 10.1. The number of rotatable bonds is 3. The Balaban J connectivity index is 0.000000923. The van der Waals surface area contributed by atoms with Crippen molar-refractivity contribution >= 4 is 50.6 Å². The second-order valence-electron chi connectivity index (χ2n) is 4.44. The molecule has 26 heavy (non-hydrogen) atoms. The van der Waals surface area contributed by atoms with E-state index < -0.39 is 16.4 Å². The number of carbonyl (C=O) groups is 1. The molecule has 0 aromatic heterocycles. The molecule has 2 rings (SSSR count). The van der Waals surface area contributed by atoms with Gasteiger partial charge in [-0.2, -0.15) is 0 Å². The Kier molecular flexibility index (Phi) is 10.7. The minimum Gasteiger partial charge on any atom is -0.759 e. The Labute approximate surface area is 180 Å². The van der Waals surface area contributed by atoms with Crippen molar-refractivity contribution in [2.24, 2.45) is 0 Å². The van der Waals surface area contributed by atoms with Crippen molar-refractivity contribution in [1.82, 2.24) is 0 Å². The predicted molar refractivity (Wildman–Crippen MR) is 98.0 cm³/mol. The third-order valence-electron chi connectivity index (χ3n) is 2.85. The molecule has 2 aromatic rings. The first-order valence-corrected chi connectivity index (χ1v) is 9.24. The van der Waals surface area contributed by atoms with Crippen LogP contribution < -0.4 is 4.74 Å². The summed E-state index contributed by atoms with van der Waals surface area (Å²) in [4.78, 5) is 11.5. The number of esters is 1. The maximum Gasteiger partial charge on any atom is 2.00 e. The molecule has 0 amide bonds. The number of carbonyl (C=O) groups excluding carboxylic acids is 1. The van der Waals surface area contributed by atoms with E-state index in [1.54, 1.807) is 19.2 Å². The number of hydrogen-bond donors (Lipinski definition) is 0. The molecule has 145 valence electrons. The molecule has 0 spiro atoms. The fourth-order valence-corrected chi connectivity index (χ4v) is 2.85. The van der Waals surface area contributed by atoms with Gasteiger partial charge in [0.25, 0.3) is 0 Å². The van der Waals surface area contributed by atoms with Gasteiger partial charge in [-0.3, -0.25) is 8.42 Å². The first kappa shape index (κ1) is 25.1. The average molecular weight is 562 g/mol. The second kappa shape index (κ2) is 11.1. The predicted octanol–water partition coefficient (Wildman–Crippen LogP) is 3.07. The van der Waals surface area contributed by atoms with Gasteiger partial charge < -0.3 is 18.6 Å². The summed E-state index contributed by atoms with van der Waals surface area (Å²) in [6, 6.07) is 10.9. The van der Waals surface area contributed by atoms with Crippen molar-refractivity contribution in [2.75, 3.05) is 14.2 Å². The molecule has 11 heteroatoms. The zero-order chi connectivity index (χ0) is 19.2. The minimum atomic E-state index is -5.17. The van der Waals surface area contributed by atoms with Gasteiger partial charge in [0.15, 0.2) is 0 Å². The van der Waals surface area contributed by atoms with Crippen LogP contribution in [0.15, 0.2) is 36.4 Å². The standard InChI is InChI=1S/C15H12ClIO3.Cu.H2O4S/c1-19-14-6-4-9(8-13(14)17)11-5-3-10(7-12(11)16)15(18)20-2;;1-5(2,3)4/h3-8H,1-2H3;;(H2,1,2,3,4)/q;+2;/p-2.